The van der Waals surface area contributed by atoms with Crippen molar-refractivity contribution >= 4 is 24.0 Å². The van der Waals surface area contributed by atoms with Gasteiger partial charge < -0.3 is 61.6 Å². The topological polar surface area (TPSA) is 201 Å². The average molecular weight is 1090 g/mol. The first-order valence-electron chi connectivity index (χ1n) is 26.5. The summed E-state index contributed by atoms with van der Waals surface area (Å²) in [6.07, 6.45) is -13.8. The molecule has 18 heteroatoms. The van der Waals surface area contributed by atoms with Crippen LogP contribution in [0.1, 0.15) is 62.4 Å². The molecule has 3 saturated heterocycles. The lowest BCUT2D eigenvalue weighted by Crippen LogP contribution is -2.67. The van der Waals surface area contributed by atoms with Crippen molar-refractivity contribution in [3.8, 4) is 0 Å². The summed E-state index contributed by atoms with van der Waals surface area (Å²) < 4.78 is 85.8. The van der Waals surface area contributed by atoms with Crippen LogP contribution in [-0.2, 0) is 114 Å². The van der Waals surface area contributed by atoms with E-state index < -0.39 is 116 Å². The van der Waals surface area contributed by atoms with Crippen LogP contribution < -0.4 is 0 Å². The lowest BCUT2D eigenvalue weighted by molar-refractivity contribution is -0.372. The Hall–Kier alpha value is -6.51. The third kappa shape index (κ3) is 16.8. The highest BCUT2D eigenvalue weighted by Crippen LogP contribution is 2.39. The van der Waals surface area contributed by atoms with Gasteiger partial charge >= 0.3 is 17.9 Å². The normalized spacial score (nSPS) is 28.6. The minimum absolute atomic E-state index is 0.0330. The molecular weight excluding hydrogens is 1020 g/mol. The van der Waals surface area contributed by atoms with Crippen LogP contribution >= 0.6 is 0 Å². The molecule has 0 spiro atoms. The number of hydrogen-bond acceptors (Lipinski definition) is 18. The van der Waals surface area contributed by atoms with Crippen molar-refractivity contribution in [1.82, 2.24) is 0 Å². The van der Waals surface area contributed by atoms with Gasteiger partial charge in [-0.05, 0) is 41.7 Å². The smallest absolute Gasteiger partial charge is 0.303 e. The first-order valence-corrected chi connectivity index (χ1v) is 26.5. The highest BCUT2D eigenvalue weighted by Gasteiger charge is 2.57. The van der Waals surface area contributed by atoms with E-state index in [1.807, 2.05) is 159 Å². The number of nitrogens with zero attached hydrogens (tertiary/aromatic N) is 1. The zero-order valence-electron chi connectivity index (χ0n) is 44.9. The van der Waals surface area contributed by atoms with E-state index in [2.05, 4.69) is 4.99 Å². The Morgan fingerprint density at radius 2 is 0.835 bits per heavy atom. The van der Waals surface area contributed by atoms with Crippen molar-refractivity contribution in [2.24, 2.45) is 4.99 Å². The Morgan fingerprint density at radius 3 is 1.32 bits per heavy atom. The molecule has 5 aromatic rings. The molecule has 420 valence electrons. The largest absolute Gasteiger partial charge is 0.463 e. The van der Waals surface area contributed by atoms with Crippen molar-refractivity contribution in [3.63, 3.8) is 0 Å². The number of carbonyl (C=O) groups excluding carboxylic acids is 4. The monoisotopic (exact) mass is 1090 g/mol. The molecule has 3 heterocycles. The summed E-state index contributed by atoms with van der Waals surface area (Å²) in [5.74, 6) is -2.25. The molecule has 6 unspecified atom stereocenters. The van der Waals surface area contributed by atoms with Gasteiger partial charge in [-0.1, -0.05) is 152 Å². The molecule has 0 amide bonds. The van der Waals surface area contributed by atoms with Crippen LogP contribution in [0.3, 0.4) is 0 Å². The van der Waals surface area contributed by atoms with Gasteiger partial charge in [-0.25, -0.2) is 4.79 Å². The SMILES string of the molecule is CC(=O)OCC1O[C@@H](OC2[C@H](C)OC(C)[C@H](OCc3ccccc3)[C@@H]2O[C@H]2O[C@@H](COCc3ccccc3)[C@@H](OCc3ccccc3)C(OCc3ccccc3)C2OCc2ccccc2)C(N=C=O)[C@@H](OC(C)=O)[C@H]1OC(C)=O. The zero-order chi connectivity index (χ0) is 55.5. The fraction of sp³-hybridized carbons (Fsp3) is 0.443. The van der Waals surface area contributed by atoms with Gasteiger partial charge in [-0.15, -0.1) is 0 Å². The van der Waals surface area contributed by atoms with Crippen molar-refractivity contribution in [3.05, 3.63) is 179 Å². The van der Waals surface area contributed by atoms with Crippen LogP contribution in [0.5, 0.6) is 0 Å². The molecule has 3 fully saturated rings. The predicted molar refractivity (Wildman–Crippen MR) is 283 cm³/mol. The fourth-order valence-corrected chi connectivity index (χ4v) is 9.92. The van der Waals surface area contributed by atoms with Crippen LogP contribution in [0.15, 0.2) is 157 Å². The first-order chi connectivity index (χ1) is 38.4. The molecule has 0 saturated carbocycles. The van der Waals surface area contributed by atoms with Crippen molar-refractivity contribution in [2.45, 2.75) is 160 Å². The standard InChI is InChI=1S/C61H69NO17/c1-39-52(69-32-45-23-13-7-14-24-45)58(53(40(2)73-39)78-60-51(62-38-63)56(75-43(5)66)55(74-42(4)65)50(76-60)37-68-41(3)64)79-61-59(72-35-48-29-19-10-20-30-48)57(71-34-47-27-17-9-18-28-47)54(70-33-46-25-15-8-16-26-46)49(77-61)36-67-31-44-21-11-6-12-22-44/h6-30,39-40,49-61H,31-37H2,1-5H3/t39?,40-,49-,50?,51?,52-,53?,54+,55-,56+,57?,58-,59?,60-,61+/m0/s1. The maximum absolute atomic E-state index is 12.8. The second-order valence-electron chi connectivity index (χ2n) is 19.5. The van der Waals surface area contributed by atoms with E-state index >= 15 is 0 Å². The Bertz CT molecular complexity index is 2680. The van der Waals surface area contributed by atoms with Crippen LogP contribution in [0.2, 0.25) is 0 Å². The molecule has 5 aromatic carbocycles. The first kappa shape index (κ1) is 58.6. The van der Waals surface area contributed by atoms with Gasteiger partial charge in [0.05, 0.1) is 51.8 Å². The van der Waals surface area contributed by atoms with E-state index in [1.165, 1.54) is 6.92 Å². The van der Waals surface area contributed by atoms with E-state index in [9.17, 15) is 19.2 Å². The van der Waals surface area contributed by atoms with Gasteiger partial charge in [-0.3, -0.25) is 14.4 Å². The summed E-state index contributed by atoms with van der Waals surface area (Å²) >= 11 is 0. The van der Waals surface area contributed by atoms with Crippen LogP contribution in [0.4, 0.5) is 0 Å². The number of rotatable bonds is 25. The summed E-state index contributed by atoms with van der Waals surface area (Å²) in [6.45, 7) is 7.53. The Labute approximate surface area is 460 Å². The van der Waals surface area contributed by atoms with Crippen LogP contribution in [0.25, 0.3) is 0 Å². The minimum Gasteiger partial charge on any atom is -0.463 e. The maximum Gasteiger partial charge on any atom is 0.303 e. The molecule has 3 aliphatic rings. The third-order valence-corrected chi connectivity index (χ3v) is 13.6. The Morgan fingerprint density at radius 1 is 0.430 bits per heavy atom. The molecule has 8 rings (SSSR count). The highest BCUT2D eigenvalue weighted by atomic mass is 16.8. The molecule has 79 heavy (non-hydrogen) atoms. The van der Waals surface area contributed by atoms with Gasteiger partial charge in [0.25, 0.3) is 0 Å². The number of isocyanates is 1. The van der Waals surface area contributed by atoms with Gasteiger partial charge in [-0.2, -0.15) is 4.99 Å². The summed E-state index contributed by atoms with van der Waals surface area (Å²) in [7, 11) is 0. The number of carbonyl (C=O) groups is 3. The van der Waals surface area contributed by atoms with E-state index in [4.69, 9.17) is 61.6 Å². The summed E-state index contributed by atoms with van der Waals surface area (Å²) in [5.41, 5.74) is 4.49. The van der Waals surface area contributed by atoms with Gasteiger partial charge in [0.15, 0.2) is 30.8 Å². The fourth-order valence-electron chi connectivity index (χ4n) is 9.92. The predicted octanol–water partition coefficient (Wildman–Crippen LogP) is 7.70. The Balaban J connectivity index is 1.22. The van der Waals surface area contributed by atoms with Crippen LogP contribution in [-0.4, -0.2) is 129 Å². The molecule has 0 radical (unpaired) electrons. The number of ether oxygens (including phenoxy) is 13. The molecule has 0 bridgehead atoms. The summed E-state index contributed by atoms with van der Waals surface area (Å²) in [6, 6.07) is 47.1. The highest BCUT2D eigenvalue weighted by molar-refractivity contribution is 5.68. The lowest BCUT2D eigenvalue weighted by Gasteiger charge is -2.51. The quantitative estimate of drug-likeness (QED) is 0.0238. The van der Waals surface area contributed by atoms with E-state index in [0.717, 1.165) is 41.7 Å². The van der Waals surface area contributed by atoms with Crippen LogP contribution in [0, 0.1) is 0 Å². The number of hydrogen-bond donors (Lipinski definition) is 0. The van der Waals surface area contributed by atoms with Gasteiger partial charge in [0.1, 0.15) is 55.4 Å². The molecule has 18 nitrogen and oxygen atoms in total. The molecule has 0 aromatic heterocycles. The van der Waals surface area contributed by atoms with E-state index in [-0.39, 0.29) is 39.6 Å². The summed E-state index contributed by atoms with van der Waals surface area (Å²) in [4.78, 5) is 54.0. The molecule has 0 aliphatic carbocycles. The average Bonchev–Trinajstić information content (AvgIpc) is 3.58. The number of aliphatic imine (C=N–C) groups is 1. The minimum atomic E-state index is -1.59. The molecule has 0 N–H and O–H groups in total. The second-order valence-corrected chi connectivity index (χ2v) is 19.5. The van der Waals surface area contributed by atoms with E-state index in [1.54, 1.807) is 13.0 Å². The number of benzene rings is 5. The zero-order valence-corrected chi connectivity index (χ0v) is 44.9. The van der Waals surface area contributed by atoms with Gasteiger partial charge in [0.2, 0.25) is 6.08 Å². The molecule has 3 aliphatic heterocycles. The van der Waals surface area contributed by atoms with E-state index in [0.29, 0.717) is 0 Å². The van der Waals surface area contributed by atoms with Crippen molar-refractivity contribution in [2.75, 3.05) is 13.2 Å². The van der Waals surface area contributed by atoms with Crippen molar-refractivity contribution < 1.29 is 80.8 Å². The molecule has 15 atom stereocenters. The summed E-state index contributed by atoms with van der Waals surface area (Å²) in [5, 5.41) is 0. The maximum atomic E-state index is 12.8. The number of esters is 3. The molecular formula is C61H69NO17. The third-order valence-electron chi connectivity index (χ3n) is 13.6. The Kier molecular flexibility index (Phi) is 22.0. The lowest BCUT2D eigenvalue weighted by atomic mass is 9.93. The van der Waals surface area contributed by atoms with Gasteiger partial charge in [0, 0.05) is 20.8 Å². The van der Waals surface area contributed by atoms with Crippen molar-refractivity contribution in [1.29, 1.82) is 0 Å². The second kappa shape index (κ2) is 29.6.